The van der Waals surface area contributed by atoms with Crippen LogP contribution < -0.4 is 4.74 Å². The number of ether oxygens (including phenoxy) is 2. The number of rotatable bonds is 4. The first-order valence-electron chi connectivity index (χ1n) is 4.52. The van der Waals surface area contributed by atoms with Gasteiger partial charge >= 0.3 is 0 Å². The molecule has 0 radical (unpaired) electrons. The van der Waals surface area contributed by atoms with E-state index < -0.39 is 0 Å². The Labute approximate surface area is 79.5 Å². The van der Waals surface area contributed by atoms with E-state index in [0.29, 0.717) is 13.4 Å². The lowest BCUT2D eigenvalue weighted by Gasteiger charge is -2.10. The van der Waals surface area contributed by atoms with Crippen molar-refractivity contribution in [3.63, 3.8) is 0 Å². The number of para-hydroxylation sites is 1. The van der Waals surface area contributed by atoms with Crippen LogP contribution in [0.25, 0.3) is 0 Å². The zero-order valence-corrected chi connectivity index (χ0v) is 8.46. The van der Waals surface area contributed by atoms with Crippen LogP contribution in [0, 0.1) is 13.8 Å². The van der Waals surface area contributed by atoms with Crippen molar-refractivity contribution in [2.75, 3.05) is 13.4 Å². The smallest absolute Gasteiger partial charge is 0.189 e. The minimum Gasteiger partial charge on any atom is -0.467 e. The fourth-order valence-corrected chi connectivity index (χ4v) is 1.21. The Morgan fingerprint density at radius 3 is 2.31 bits per heavy atom. The van der Waals surface area contributed by atoms with E-state index in [4.69, 9.17) is 9.47 Å². The molecule has 0 heterocycles. The van der Waals surface area contributed by atoms with Gasteiger partial charge in [0.25, 0.3) is 0 Å². The number of hydrogen-bond donors (Lipinski definition) is 0. The van der Waals surface area contributed by atoms with Crippen molar-refractivity contribution in [3.8, 4) is 5.75 Å². The molecule has 0 bridgehead atoms. The van der Waals surface area contributed by atoms with Crippen LogP contribution >= 0.6 is 0 Å². The van der Waals surface area contributed by atoms with Crippen LogP contribution in [0.5, 0.6) is 5.75 Å². The van der Waals surface area contributed by atoms with Gasteiger partial charge < -0.3 is 9.47 Å². The minimum absolute atomic E-state index is 0.336. The summed E-state index contributed by atoms with van der Waals surface area (Å²) in [6, 6.07) is 6.10. The molecule has 0 unspecified atom stereocenters. The van der Waals surface area contributed by atoms with Gasteiger partial charge in [-0.05, 0) is 31.9 Å². The average molecular weight is 180 g/mol. The van der Waals surface area contributed by atoms with Gasteiger partial charge in [0.1, 0.15) is 5.75 Å². The lowest BCUT2D eigenvalue weighted by atomic mass is 10.1. The van der Waals surface area contributed by atoms with Crippen molar-refractivity contribution in [3.05, 3.63) is 29.3 Å². The van der Waals surface area contributed by atoms with Crippen LogP contribution in [0.3, 0.4) is 0 Å². The topological polar surface area (TPSA) is 18.5 Å². The second-order valence-electron chi connectivity index (χ2n) is 2.98. The molecule has 1 rings (SSSR count). The highest BCUT2D eigenvalue weighted by Crippen LogP contribution is 2.21. The third kappa shape index (κ3) is 2.74. The van der Waals surface area contributed by atoms with E-state index >= 15 is 0 Å². The van der Waals surface area contributed by atoms with E-state index in [1.165, 1.54) is 0 Å². The van der Waals surface area contributed by atoms with E-state index in [-0.39, 0.29) is 0 Å². The molecule has 0 spiro atoms. The molecular formula is C11H16O2. The summed E-state index contributed by atoms with van der Waals surface area (Å²) in [7, 11) is 0. The first kappa shape index (κ1) is 10.1. The first-order valence-corrected chi connectivity index (χ1v) is 4.52. The number of aryl methyl sites for hydroxylation is 2. The molecule has 0 aliphatic rings. The molecule has 0 amide bonds. The molecule has 0 aliphatic heterocycles. The normalized spacial score (nSPS) is 10.1. The van der Waals surface area contributed by atoms with E-state index in [2.05, 4.69) is 0 Å². The van der Waals surface area contributed by atoms with Gasteiger partial charge in [-0.1, -0.05) is 18.2 Å². The van der Waals surface area contributed by atoms with Crippen LogP contribution in [-0.4, -0.2) is 13.4 Å². The summed E-state index contributed by atoms with van der Waals surface area (Å²) < 4.78 is 10.6. The predicted molar refractivity (Wildman–Crippen MR) is 53.0 cm³/mol. The van der Waals surface area contributed by atoms with Crippen LogP contribution in [0.4, 0.5) is 0 Å². The Kier molecular flexibility index (Phi) is 3.77. The maximum atomic E-state index is 5.49. The summed E-state index contributed by atoms with van der Waals surface area (Å²) in [5.41, 5.74) is 2.31. The molecule has 2 heteroatoms. The van der Waals surface area contributed by atoms with Gasteiger partial charge in [0, 0.05) is 6.61 Å². The van der Waals surface area contributed by atoms with Crippen molar-refractivity contribution in [2.45, 2.75) is 20.8 Å². The van der Waals surface area contributed by atoms with E-state index in [9.17, 15) is 0 Å². The molecule has 0 fully saturated rings. The van der Waals surface area contributed by atoms with Crippen LogP contribution in [-0.2, 0) is 4.74 Å². The van der Waals surface area contributed by atoms with Crippen molar-refractivity contribution >= 4 is 0 Å². The summed E-state index contributed by atoms with van der Waals surface area (Å²) in [6.45, 7) is 7.05. The zero-order chi connectivity index (χ0) is 9.68. The second-order valence-corrected chi connectivity index (χ2v) is 2.98. The molecule has 0 aliphatic carbocycles. The van der Waals surface area contributed by atoms with Crippen LogP contribution in [0.1, 0.15) is 18.1 Å². The molecule has 1 aromatic rings. The quantitative estimate of drug-likeness (QED) is 0.524. The fraction of sp³-hybridized carbons (Fsp3) is 0.455. The van der Waals surface area contributed by atoms with Crippen molar-refractivity contribution in [1.82, 2.24) is 0 Å². The number of hydrogen-bond acceptors (Lipinski definition) is 2. The molecule has 0 N–H and O–H groups in total. The average Bonchev–Trinajstić information content (AvgIpc) is 2.10. The lowest BCUT2D eigenvalue weighted by molar-refractivity contribution is 0.0216. The zero-order valence-electron chi connectivity index (χ0n) is 8.46. The molecule has 0 atom stereocenters. The van der Waals surface area contributed by atoms with Gasteiger partial charge in [0.05, 0.1) is 0 Å². The monoisotopic (exact) mass is 180 g/mol. The van der Waals surface area contributed by atoms with Gasteiger partial charge in [-0.2, -0.15) is 0 Å². The fourth-order valence-electron chi connectivity index (χ4n) is 1.21. The Hall–Kier alpha value is -1.02. The summed E-state index contributed by atoms with van der Waals surface area (Å²) in [4.78, 5) is 0. The SMILES string of the molecule is CCOCOc1c(C)cccc1C. The number of benzene rings is 1. The maximum absolute atomic E-state index is 5.49. The molecule has 0 aromatic heterocycles. The van der Waals surface area contributed by atoms with E-state index in [0.717, 1.165) is 16.9 Å². The maximum Gasteiger partial charge on any atom is 0.189 e. The molecule has 0 saturated heterocycles. The summed E-state index contributed by atoms with van der Waals surface area (Å²) >= 11 is 0. The van der Waals surface area contributed by atoms with E-state index in [1.54, 1.807) is 0 Å². The van der Waals surface area contributed by atoms with Gasteiger partial charge in [-0.15, -0.1) is 0 Å². The Morgan fingerprint density at radius 2 is 1.77 bits per heavy atom. The highest BCUT2D eigenvalue weighted by atomic mass is 16.7. The largest absolute Gasteiger partial charge is 0.467 e. The first-order chi connectivity index (χ1) is 6.25. The van der Waals surface area contributed by atoms with Gasteiger partial charge in [-0.3, -0.25) is 0 Å². The Bertz CT molecular complexity index is 249. The minimum atomic E-state index is 0.336. The molecule has 1 aromatic carbocycles. The van der Waals surface area contributed by atoms with Crippen molar-refractivity contribution < 1.29 is 9.47 Å². The molecule has 72 valence electrons. The predicted octanol–water partition coefficient (Wildman–Crippen LogP) is 2.68. The van der Waals surface area contributed by atoms with Gasteiger partial charge in [0.2, 0.25) is 0 Å². The van der Waals surface area contributed by atoms with Gasteiger partial charge in [0.15, 0.2) is 6.79 Å². The molecule has 0 saturated carbocycles. The molecule has 2 nitrogen and oxygen atoms in total. The third-order valence-corrected chi connectivity index (χ3v) is 1.90. The standard InChI is InChI=1S/C11H16O2/c1-4-12-8-13-11-9(2)6-5-7-10(11)3/h5-7H,4,8H2,1-3H3. The Morgan fingerprint density at radius 1 is 1.15 bits per heavy atom. The van der Waals surface area contributed by atoms with E-state index in [1.807, 2.05) is 39.0 Å². The summed E-state index contributed by atoms with van der Waals surface area (Å²) in [6.07, 6.45) is 0. The lowest BCUT2D eigenvalue weighted by Crippen LogP contribution is -2.04. The highest BCUT2D eigenvalue weighted by molar-refractivity contribution is 5.39. The summed E-state index contributed by atoms with van der Waals surface area (Å²) in [5.74, 6) is 0.941. The van der Waals surface area contributed by atoms with Crippen molar-refractivity contribution in [2.24, 2.45) is 0 Å². The van der Waals surface area contributed by atoms with Crippen molar-refractivity contribution in [1.29, 1.82) is 0 Å². The van der Waals surface area contributed by atoms with Gasteiger partial charge in [-0.25, -0.2) is 0 Å². The molecular weight excluding hydrogens is 164 g/mol. The highest BCUT2D eigenvalue weighted by Gasteiger charge is 2.01. The van der Waals surface area contributed by atoms with Crippen LogP contribution in [0.15, 0.2) is 18.2 Å². The Balaban J connectivity index is 2.64. The molecule has 13 heavy (non-hydrogen) atoms. The van der Waals surface area contributed by atoms with Crippen LogP contribution in [0.2, 0.25) is 0 Å². The summed E-state index contributed by atoms with van der Waals surface area (Å²) in [5, 5.41) is 0. The second kappa shape index (κ2) is 4.87. The third-order valence-electron chi connectivity index (χ3n) is 1.90.